The molecule has 0 saturated carbocycles. The van der Waals surface area contributed by atoms with E-state index in [1.807, 2.05) is 24.3 Å². The molecule has 0 aliphatic carbocycles. The predicted molar refractivity (Wildman–Crippen MR) is 82.4 cm³/mol. The van der Waals surface area contributed by atoms with Crippen LogP contribution in [-0.4, -0.2) is 26.6 Å². The van der Waals surface area contributed by atoms with E-state index >= 15 is 0 Å². The van der Waals surface area contributed by atoms with Gasteiger partial charge in [0.25, 0.3) is 0 Å². The van der Waals surface area contributed by atoms with Crippen LogP contribution in [0.25, 0.3) is 11.4 Å². The van der Waals surface area contributed by atoms with Gasteiger partial charge in [-0.1, -0.05) is 6.42 Å². The first-order valence-electron chi connectivity index (χ1n) is 7.16. The standard InChI is InChI=1S/C15H17ClN4O/c16-10-14(21)17-12-7-5-11(6-8-12)15-19-18-13-4-2-1-3-9-20(13)15/h5-8H,1-4,9-10H2,(H,17,21). The number of alkyl halides is 1. The van der Waals surface area contributed by atoms with Crippen LogP contribution in [0.5, 0.6) is 0 Å². The number of nitrogens with zero attached hydrogens (tertiary/aromatic N) is 3. The zero-order valence-corrected chi connectivity index (χ0v) is 12.4. The molecule has 5 nitrogen and oxygen atoms in total. The fourth-order valence-corrected chi connectivity index (χ4v) is 2.66. The van der Waals surface area contributed by atoms with Crippen LogP contribution in [0.4, 0.5) is 5.69 Å². The Morgan fingerprint density at radius 3 is 2.76 bits per heavy atom. The maximum atomic E-state index is 11.3. The van der Waals surface area contributed by atoms with Crippen molar-refractivity contribution in [3.05, 3.63) is 30.1 Å². The molecule has 0 fully saturated rings. The van der Waals surface area contributed by atoms with Crippen molar-refractivity contribution in [1.82, 2.24) is 14.8 Å². The lowest BCUT2D eigenvalue weighted by Crippen LogP contribution is -2.12. The number of rotatable bonds is 3. The fourth-order valence-electron chi connectivity index (χ4n) is 2.60. The van der Waals surface area contributed by atoms with Gasteiger partial charge in [-0.25, -0.2) is 0 Å². The molecule has 110 valence electrons. The second kappa shape index (κ2) is 6.26. The van der Waals surface area contributed by atoms with E-state index in [4.69, 9.17) is 11.6 Å². The summed E-state index contributed by atoms with van der Waals surface area (Å²) >= 11 is 5.48. The summed E-state index contributed by atoms with van der Waals surface area (Å²) in [7, 11) is 0. The van der Waals surface area contributed by atoms with Crippen molar-refractivity contribution in [2.24, 2.45) is 0 Å². The largest absolute Gasteiger partial charge is 0.325 e. The first-order valence-corrected chi connectivity index (χ1v) is 7.70. The molecular formula is C15H17ClN4O. The van der Waals surface area contributed by atoms with Crippen LogP contribution in [0.15, 0.2) is 24.3 Å². The first-order chi connectivity index (χ1) is 10.3. The van der Waals surface area contributed by atoms with Gasteiger partial charge in [-0.3, -0.25) is 4.79 Å². The van der Waals surface area contributed by atoms with Crippen molar-refractivity contribution < 1.29 is 4.79 Å². The molecule has 21 heavy (non-hydrogen) atoms. The van der Waals surface area contributed by atoms with Gasteiger partial charge < -0.3 is 9.88 Å². The van der Waals surface area contributed by atoms with Gasteiger partial charge in [-0.15, -0.1) is 21.8 Å². The van der Waals surface area contributed by atoms with Crippen molar-refractivity contribution in [3.63, 3.8) is 0 Å². The Bertz CT molecular complexity index is 636. The summed E-state index contributed by atoms with van der Waals surface area (Å²) < 4.78 is 2.21. The number of anilines is 1. The van der Waals surface area contributed by atoms with E-state index in [2.05, 4.69) is 20.1 Å². The minimum absolute atomic E-state index is 0.0422. The van der Waals surface area contributed by atoms with Crippen molar-refractivity contribution >= 4 is 23.2 Å². The monoisotopic (exact) mass is 304 g/mol. The second-order valence-electron chi connectivity index (χ2n) is 5.16. The quantitative estimate of drug-likeness (QED) is 0.887. The van der Waals surface area contributed by atoms with E-state index in [-0.39, 0.29) is 11.8 Å². The van der Waals surface area contributed by atoms with Gasteiger partial charge in [0, 0.05) is 24.2 Å². The number of benzene rings is 1. The van der Waals surface area contributed by atoms with Gasteiger partial charge >= 0.3 is 0 Å². The van der Waals surface area contributed by atoms with Crippen molar-refractivity contribution in [2.45, 2.75) is 32.2 Å². The predicted octanol–water partition coefficient (Wildman–Crippen LogP) is 2.85. The van der Waals surface area contributed by atoms with Crippen molar-refractivity contribution in [3.8, 4) is 11.4 Å². The highest BCUT2D eigenvalue weighted by molar-refractivity contribution is 6.29. The number of amides is 1. The van der Waals surface area contributed by atoms with Gasteiger partial charge in [-0.05, 0) is 37.1 Å². The average molecular weight is 305 g/mol. The van der Waals surface area contributed by atoms with Crippen LogP contribution in [-0.2, 0) is 17.8 Å². The third kappa shape index (κ3) is 3.08. The van der Waals surface area contributed by atoms with E-state index in [0.717, 1.165) is 35.9 Å². The molecule has 1 aliphatic heterocycles. The smallest absolute Gasteiger partial charge is 0.239 e. The molecule has 1 aromatic heterocycles. The molecule has 1 aliphatic rings. The molecule has 1 amide bonds. The zero-order chi connectivity index (χ0) is 14.7. The topological polar surface area (TPSA) is 59.8 Å². The Kier molecular flexibility index (Phi) is 4.20. The Morgan fingerprint density at radius 1 is 1.19 bits per heavy atom. The molecule has 1 N–H and O–H groups in total. The highest BCUT2D eigenvalue weighted by atomic mass is 35.5. The van der Waals surface area contributed by atoms with E-state index in [9.17, 15) is 4.79 Å². The molecule has 0 bridgehead atoms. The van der Waals surface area contributed by atoms with Crippen molar-refractivity contribution in [2.75, 3.05) is 11.2 Å². The molecule has 0 spiro atoms. The molecule has 2 aromatic rings. The number of aromatic nitrogens is 3. The second-order valence-corrected chi connectivity index (χ2v) is 5.43. The summed E-state index contributed by atoms with van der Waals surface area (Å²) in [5.41, 5.74) is 1.75. The number of nitrogens with one attached hydrogen (secondary N) is 1. The SMILES string of the molecule is O=C(CCl)Nc1ccc(-c2nnc3n2CCCCC3)cc1. The molecule has 0 radical (unpaired) electrons. The number of fused-ring (bicyclic) bond motifs is 1. The van der Waals surface area contributed by atoms with Crippen LogP contribution in [0, 0.1) is 0 Å². The van der Waals surface area contributed by atoms with E-state index < -0.39 is 0 Å². The Labute approximate surface area is 128 Å². The van der Waals surface area contributed by atoms with Crippen LogP contribution < -0.4 is 5.32 Å². The number of hydrogen-bond acceptors (Lipinski definition) is 3. The van der Waals surface area contributed by atoms with E-state index in [1.54, 1.807) is 0 Å². The Hall–Kier alpha value is -1.88. The Morgan fingerprint density at radius 2 is 2.00 bits per heavy atom. The average Bonchev–Trinajstić information content (AvgIpc) is 2.76. The summed E-state index contributed by atoms with van der Waals surface area (Å²) in [6, 6.07) is 7.62. The molecule has 3 rings (SSSR count). The fraction of sp³-hybridized carbons (Fsp3) is 0.400. The number of halogens is 1. The van der Waals surface area contributed by atoms with Gasteiger partial charge in [0.05, 0.1) is 0 Å². The number of aryl methyl sites for hydroxylation is 1. The molecule has 0 unspecified atom stereocenters. The van der Waals surface area contributed by atoms with Gasteiger partial charge in [0.2, 0.25) is 5.91 Å². The van der Waals surface area contributed by atoms with Gasteiger partial charge in [0.15, 0.2) is 5.82 Å². The van der Waals surface area contributed by atoms with E-state index in [1.165, 1.54) is 19.3 Å². The highest BCUT2D eigenvalue weighted by Crippen LogP contribution is 2.23. The van der Waals surface area contributed by atoms with Gasteiger partial charge in [-0.2, -0.15) is 0 Å². The summed E-state index contributed by atoms with van der Waals surface area (Å²) in [6.07, 6.45) is 4.59. The lowest BCUT2D eigenvalue weighted by molar-refractivity contribution is -0.113. The molecule has 0 atom stereocenters. The number of carbonyl (C=O) groups excluding carboxylic acids is 1. The Balaban J connectivity index is 1.84. The van der Waals surface area contributed by atoms with Crippen molar-refractivity contribution in [1.29, 1.82) is 0 Å². The number of carbonyl (C=O) groups is 1. The van der Waals surface area contributed by atoms with Crippen LogP contribution >= 0.6 is 11.6 Å². The van der Waals surface area contributed by atoms with Crippen LogP contribution in [0.1, 0.15) is 25.1 Å². The lowest BCUT2D eigenvalue weighted by Gasteiger charge is -2.08. The summed E-state index contributed by atoms with van der Waals surface area (Å²) in [5.74, 6) is 1.73. The molecule has 1 aromatic carbocycles. The van der Waals surface area contributed by atoms with E-state index in [0.29, 0.717) is 0 Å². The summed E-state index contributed by atoms with van der Waals surface area (Å²) in [6.45, 7) is 0.975. The summed E-state index contributed by atoms with van der Waals surface area (Å²) in [4.78, 5) is 11.3. The number of hydrogen-bond donors (Lipinski definition) is 1. The minimum Gasteiger partial charge on any atom is -0.325 e. The summed E-state index contributed by atoms with van der Waals surface area (Å²) in [5, 5.41) is 11.3. The highest BCUT2D eigenvalue weighted by Gasteiger charge is 2.15. The molecule has 6 heteroatoms. The third-order valence-electron chi connectivity index (χ3n) is 3.66. The normalized spacial score (nSPS) is 14.3. The van der Waals surface area contributed by atoms with Crippen LogP contribution in [0.2, 0.25) is 0 Å². The maximum absolute atomic E-state index is 11.3. The third-order valence-corrected chi connectivity index (χ3v) is 3.90. The minimum atomic E-state index is -0.208. The van der Waals surface area contributed by atoms with Gasteiger partial charge in [0.1, 0.15) is 11.7 Å². The lowest BCUT2D eigenvalue weighted by atomic mass is 10.2. The molecular weight excluding hydrogens is 288 g/mol. The maximum Gasteiger partial charge on any atom is 0.239 e. The first kappa shape index (κ1) is 14.1. The molecule has 0 saturated heterocycles. The zero-order valence-electron chi connectivity index (χ0n) is 11.7. The molecule has 2 heterocycles. The van der Waals surface area contributed by atoms with Crippen LogP contribution in [0.3, 0.4) is 0 Å².